The molecule has 1 fully saturated rings. The van der Waals surface area contributed by atoms with E-state index in [-0.39, 0.29) is 5.82 Å². The van der Waals surface area contributed by atoms with E-state index in [0.29, 0.717) is 24.6 Å². The van der Waals surface area contributed by atoms with Gasteiger partial charge in [0.1, 0.15) is 5.82 Å². The van der Waals surface area contributed by atoms with Crippen molar-refractivity contribution in [1.82, 2.24) is 4.68 Å². The normalized spacial score (nSPS) is 16.8. The molecule has 1 aromatic heterocycles. The fraction of sp³-hybridized carbons (Fsp3) is 0.474. The van der Waals surface area contributed by atoms with E-state index in [2.05, 4.69) is 10.1 Å². The van der Waals surface area contributed by atoms with Crippen LogP contribution in [0.25, 0.3) is 11.3 Å². The second-order valence-electron chi connectivity index (χ2n) is 6.23. The van der Waals surface area contributed by atoms with Crippen LogP contribution in [0.5, 0.6) is 0 Å². The Hall–Kier alpha value is -1.79. The van der Waals surface area contributed by atoms with Crippen molar-refractivity contribution in [3.8, 4) is 11.3 Å². The molecule has 0 N–H and O–H groups in total. The highest BCUT2D eigenvalue weighted by molar-refractivity contribution is 7.07. The Morgan fingerprint density at radius 1 is 1.28 bits per heavy atom. The van der Waals surface area contributed by atoms with Crippen molar-refractivity contribution >= 4 is 17.6 Å². The standard InChI is InChI=1S/C19H24FN3OS/c1-24-12-11-21-19-23(22-13-15-7-3-2-4-8-15)18(14-25-19)16-9-5-6-10-17(16)20/h5-6,9-10,13-15H,2-4,7-8,11-12H2,1H3/b21-19?,22-13-. The average Bonchev–Trinajstić information content (AvgIpc) is 3.04. The SMILES string of the molecule is COCCN=c1scc(-c2ccccc2F)n1/N=C\C1CCCCC1. The maximum Gasteiger partial charge on any atom is 0.206 e. The lowest BCUT2D eigenvalue weighted by Gasteiger charge is -2.17. The van der Waals surface area contributed by atoms with Gasteiger partial charge in [-0.15, -0.1) is 11.3 Å². The molecule has 1 aromatic carbocycles. The number of hydrogen-bond donors (Lipinski definition) is 0. The molecule has 1 heterocycles. The molecule has 1 aliphatic rings. The van der Waals surface area contributed by atoms with Gasteiger partial charge in [0.25, 0.3) is 0 Å². The van der Waals surface area contributed by atoms with Gasteiger partial charge in [-0.2, -0.15) is 5.10 Å². The van der Waals surface area contributed by atoms with E-state index in [9.17, 15) is 4.39 Å². The quantitative estimate of drug-likeness (QED) is 0.558. The van der Waals surface area contributed by atoms with Crippen molar-refractivity contribution in [3.05, 3.63) is 40.3 Å². The zero-order valence-electron chi connectivity index (χ0n) is 14.5. The van der Waals surface area contributed by atoms with Crippen LogP contribution in [0.15, 0.2) is 39.7 Å². The third kappa shape index (κ3) is 4.64. The van der Waals surface area contributed by atoms with Crippen LogP contribution in [0.2, 0.25) is 0 Å². The molecule has 25 heavy (non-hydrogen) atoms. The lowest BCUT2D eigenvalue weighted by atomic mass is 9.90. The molecule has 0 bridgehead atoms. The number of rotatable bonds is 6. The summed E-state index contributed by atoms with van der Waals surface area (Å²) in [5.74, 6) is 0.256. The van der Waals surface area contributed by atoms with Gasteiger partial charge in [0.15, 0.2) is 0 Å². The molecule has 1 saturated carbocycles. The third-order valence-corrected chi connectivity index (χ3v) is 5.27. The molecule has 1 aliphatic carbocycles. The highest BCUT2D eigenvalue weighted by atomic mass is 32.1. The zero-order valence-corrected chi connectivity index (χ0v) is 15.3. The number of thiazole rings is 1. The third-order valence-electron chi connectivity index (χ3n) is 4.42. The Kier molecular flexibility index (Phi) is 6.53. The molecular weight excluding hydrogens is 337 g/mol. The summed E-state index contributed by atoms with van der Waals surface area (Å²) in [5.41, 5.74) is 1.29. The first kappa shape index (κ1) is 18.0. The van der Waals surface area contributed by atoms with Crippen molar-refractivity contribution in [2.75, 3.05) is 20.3 Å². The van der Waals surface area contributed by atoms with E-state index in [1.165, 1.54) is 49.5 Å². The minimum atomic E-state index is -0.245. The van der Waals surface area contributed by atoms with Gasteiger partial charge in [-0.05, 0) is 30.9 Å². The van der Waals surface area contributed by atoms with Gasteiger partial charge >= 0.3 is 0 Å². The summed E-state index contributed by atoms with van der Waals surface area (Å²) < 4.78 is 21.1. The van der Waals surface area contributed by atoms with Crippen LogP contribution in [0, 0.1) is 11.7 Å². The summed E-state index contributed by atoms with van der Waals surface area (Å²) in [6.07, 6.45) is 8.21. The number of aromatic nitrogens is 1. The molecule has 2 aromatic rings. The predicted molar refractivity (Wildman–Crippen MR) is 100 cm³/mol. The number of halogens is 1. The molecule has 0 radical (unpaired) electrons. The van der Waals surface area contributed by atoms with Crippen molar-refractivity contribution in [1.29, 1.82) is 0 Å². The highest BCUT2D eigenvalue weighted by Crippen LogP contribution is 2.24. The molecule has 0 amide bonds. The minimum absolute atomic E-state index is 0.245. The van der Waals surface area contributed by atoms with Gasteiger partial charge in [0.2, 0.25) is 4.80 Å². The number of ether oxygens (including phenoxy) is 1. The summed E-state index contributed by atoms with van der Waals surface area (Å²) in [6.45, 7) is 1.12. The molecule has 0 atom stereocenters. The highest BCUT2D eigenvalue weighted by Gasteiger charge is 2.14. The molecule has 0 unspecified atom stereocenters. The van der Waals surface area contributed by atoms with E-state index in [4.69, 9.17) is 4.74 Å². The largest absolute Gasteiger partial charge is 0.383 e. The van der Waals surface area contributed by atoms with Gasteiger partial charge in [-0.1, -0.05) is 31.4 Å². The number of hydrogen-bond acceptors (Lipinski definition) is 4. The van der Waals surface area contributed by atoms with Crippen LogP contribution in [0.1, 0.15) is 32.1 Å². The molecule has 134 valence electrons. The number of methoxy groups -OCH3 is 1. The molecule has 4 nitrogen and oxygen atoms in total. The first-order valence-corrected chi connectivity index (χ1v) is 9.67. The van der Waals surface area contributed by atoms with E-state index in [1.54, 1.807) is 23.9 Å². The van der Waals surface area contributed by atoms with Crippen molar-refractivity contribution < 1.29 is 9.13 Å². The van der Waals surface area contributed by atoms with Gasteiger partial charge < -0.3 is 4.74 Å². The lowest BCUT2D eigenvalue weighted by molar-refractivity contribution is 0.207. The van der Waals surface area contributed by atoms with Gasteiger partial charge in [-0.25, -0.2) is 9.07 Å². The maximum atomic E-state index is 14.3. The van der Waals surface area contributed by atoms with E-state index in [1.807, 2.05) is 17.7 Å². The van der Waals surface area contributed by atoms with Crippen molar-refractivity contribution in [2.45, 2.75) is 32.1 Å². The Balaban J connectivity index is 1.96. The van der Waals surface area contributed by atoms with Crippen LogP contribution >= 0.6 is 11.3 Å². The van der Waals surface area contributed by atoms with E-state index < -0.39 is 0 Å². The zero-order chi connectivity index (χ0) is 17.5. The molecule has 0 spiro atoms. The molecule has 0 saturated heterocycles. The van der Waals surface area contributed by atoms with Crippen LogP contribution in [0.3, 0.4) is 0 Å². The lowest BCUT2D eigenvalue weighted by Crippen LogP contribution is -2.16. The van der Waals surface area contributed by atoms with Crippen molar-refractivity contribution in [2.24, 2.45) is 16.0 Å². The van der Waals surface area contributed by atoms with Gasteiger partial charge in [-0.3, -0.25) is 4.99 Å². The number of benzene rings is 1. The van der Waals surface area contributed by atoms with Crippen LogP contribution in [-0.4, -0.2) is 31.2 Å². The molecule has 0 aliphatic heterocycles. The fourth-order valence-corrected chi connectivity index (χ4v) is 3.91. The van der Waals surface area contributed by atoms with Crippen LogP contribution < -0.4 is 4.80 Å². The van der Waals surface area contributed by atoms with Crippen molar-refractivity contribution in [3.63, 3.8) is 0 Å². The smallest absolute Gasteiger partial charge is 0.206 e. The van der Waals surface area contributed by atoms with Gasteiger partial charge in [0.05, 0.1) is 18.8 Å². The maximum absolute atomic E-state index is 14.3. The summed E-state index contributed by atoms with van der Waals surface area (Å²) in [5, 5.41) is 6.61. The Bertz CT molecular complexity index is 775. The topological polar surface area (TPSA) is 38.9 Å². The number of nitrogens with zero attached hydrogens (tertiary/aromatic N) is 3. The van der Waals surface area contributed by atoms with Gasteiger partial charge in [0, 0.05) is 24.3 Å². The monoisotopic (exact) mass is 361 g/mol. The summed E-state index contributed by atoms with van der Waals surface area (Å²) in [7, 11) is 1.66. The predicted octanol–water partition coefficient (Wildman–Crippen LogP) is 4.32. The molecule has 3 rings (SSSR count). The average molecular weight is 361 g/mol. The Morgan fingerprint density at radius 3 is 2.84 bits per heavy atom. The Morgan fingerprint density at radius 2 is 2.08 bits per heavy atom. The minimum Gasteiger partial charge on any atom is -0.383 e. The summed E-state index contributed by atoms with van der Waals surface area (Å²) >= 11 is 1.48. The first-order chi connectivity index (χ1) is 12.3. The van der Waals surface area contributed by atoms with Crippen LogP contribution in [0.4, 0.5) is 4.39 Å². The summed E-state index contributed by atoms with van der Waals surface area (Å²) in [6, 6.07) is 6.80. The van der Waals surface area contributed by atoms with Crippen LogP contribution in [-0.2, 0) is 4.74 Å². The second kappa shape index (κ2) is 9.06. The second-order valence-corrected chi connectivity index (χ2v) is 7.07. The fourth-order valence-electron chi connectivity index (χ4n) is 3.05. The van der Waals surface area contributed by atoms with E-state index in [0.717, 1.165) is 10.5 Å². The summed E-state index contributed by atoms with van der Waals surface area (Å²) in [4.78, 5) is 5.32. The molecular formula is C19H24FN3OS. The van der Waals surface area contributed by atoms with E-state index >= 15 is 0 Å². The molecule has 6 heteroatoms. The Labute approximate surface area is 151 Å². The first-order valence-electron chi connectivity index (χ1n) is 8.79.